The number of fused-ring (bicyclic) bond motifs is 1. The summed E-state index contributed by atoms with van der Waals surface area (Å²) in [5.41, 5.74) is 1.28. The molecule has 0 radical (unpaired) electrons. The molecule has 3 atom stereocenters. The highest BCUT2D eigenvalue weighted by molar-refractivity contribution is 7.90. The molecule has 12 heteroatoms. The smallest absolute Gasteiger partial charge is 0.394 e. The van der Waals surface area contributed by atoms with E-state index in [9.17, 15) is 36.6 Å². The number of hydrogen-bond donors (Lipinski definition) is 3. The third-order valence-corrected chi connectivity index (χ3v) is 6.29. The lowest BCUT2D eigenvalue weighted by Crippen LogP contribution is -2.37. The molecule has 1 aliphatic heterocycles. The number of carbonyl (C=O) groups is 1. The molecule has 1 aromatic carbocycles. The van der Waals surface area contributed by atoms with Crippen LogP contribution in [0, 0.1) is 0 Å². The molecule has 172 valence electrons. The SMILES string of the molecule is CS(=O)(=O)c1ccc2c(c1)c(CCCNC(=O)C(F)(F)F)cn2C1CC(O)C(CO)O1. The van der Waals surface area contributed by atoms with Gasteiger partial charge in [-0.15, -0.1) is 0 Å². The van der Waals surface area contributed by atoms with Crippen LogP contribution in [0.4, 0.5) is 13.2 Å². The summed E-state index contributed by atoms with van der Waals surface area (Å²) in [6, 6.07) is 4.53. The number of nitrogens with one attached hydrogen (secondary N) is 1. The summed E-state index contributed by atoms with van der Waals surface area (Å²) < 4.78 is 68.2. The Kier molecular flexibility index (Phi) is 6.65. The molecule has 1 saturated heterocycles. The zero-order chi connectivity index (χ0) is 23.0. The highest BCUT2D eigenvalue weighted by Gasteiger charge is 2.38. The van der Waals surface area contributed by atoms with Crippen LogP contribution in [0.3, 0.4) is 0 Å². The average Bonchev–Trinajstić information content (AvgIpc) is 3.23. The summed E-state index contributed by atoms with van der Waals surface area (Å²) in [6.45, 7) is -0.567. The topological polar surface area (TPSA) is 118 Å². The normalized spacial score (nSPS) is 22.2. The van der Waals surface area contributed by atoms with E-state index < -0.39 is 40.4 Å². The number of benzene rings is 1. The van der Waals surface area contributed by atoms with Gasteiger partial charge in [-0.05, 0) is 36.6 Å². The molecule has 1 aromatic heterocycles. The minimum absolute atomic E-state index is 0.0879. The maximum atomic E-state index is 12.3. The first-order valence-corrected chi connectivity index (χ1v) is 11.4. The van der Waals surface area contributed by atoms with Gasteiger partial charge in [0, 0.05) is 30.8 Å². The quantitative estimate of drug-likeness (QED) is 0.532. The lowest BCUT2D eigenvalue weighted by molar-refractivity contribution is -0.173. The Hall–Kier alpha value is -2.15. The molecule has 2 heterocycles. The van der Waals surface area contributed by atoms with Crippen LogP contribution in [0.1, 0.15) is 24.6 Å². The predicted molar refractivity (Wildman–Crippen MR) is 104 cm³/mol. The number of ether oxygens (including phenoxy) is 1. The molecule has 2 aromatic rings. The molecule has 3 rings (SSSR count). The molecular weight excluding hydrogens is 441 g/mol. The number of aliphatic hydroxyl groups excluding tert-OH is 2. The van der Waals surface area contributed by atoms with Crippen molar-refractivity contribution in [2.24, 2.45) is 0 Å². The van der Waals surface area contributed by atoms with Gasteiger partial charge in [-0.1, -0.05) is 0 Å². The Morgan fingerprint density at radius 1 is 1.35 bits per heavy atom. The molecule has 1 fully saturated rings. The molecule has 1 amide bonds. The van der Waals surface area contributed by atoms with Gasteiger partial charge in [-0.3, -0.25) is 4.79 Å². The number of sulfone groups is 1. The van der Waals surface area contributed by atoms with Gasteiger partial charge in [0.25, 0.3) is 0 Å². The van der Waals surface area contributed by atoms with Crippen molar-refractivity contribution < 1.29 is 41.3 Å². The Labute approximate surface area is 176 Å². The summed E-state index contributed by atoms with van der Waals surface area (Å²) in [5.74, 6) is -2.02. The summed E-state index contributed by atoms with van der Waals surface area (Å²) in [6.07, 6.45) is -3.74. The number of carbonyl (C=O) groups excluding carboxylic acids is 1. The lowest BCUT2D eigenvalue weighted by Gasteiger charge is -2.15. The van der Waals surface area contributed by atoms with Crippen molar-refractivity contribution in [2.75, 3.05) is 19.4 Å². The second-order valence-corrected chi connectivity index (χ2v) is 9.50. The molecule has 0 aliphatic carbocycles. The fourth-order valence-electron chi connectivity index (χ4n) is 3.60. The Bertz CT molecular complexity index is 1070. The van der Waals surface area contributed by atoms with Crippen molar-refractivity contribution in [1.29, 1.82) is 0 Å². The van der Waals surface area contributed by atoms with Gasteiger partial charge >= 0.3 is 12.1 Å². The Morgan fingerprint density at radius 3 is 2.65 bits per heavy atom. The minimum Gasteiger partial charge on any atom is -0.394 e. The number of halogens is 3. The van der Waals surface area contributed by atoms with Crippen LogP contribution in [0.25, 0.3) is 10.9 Å². The summed E-state index contributed by atoms with van der Waals surface area (Å²) in [7, 11) is -3.49. The van der Waals surface area contributed by atoms with Crippen LogP contribution in [0.15, 0.2) is 29.3 Å². The van der Waals surface area contributed by atoms with E-state index in [4.69, 9.17) is 4.74 Å². The van der Waals surface area contributed by atoms with Crippen molar-refractivity contribution in [3.63, 3.8) is 0 Å². The van der Waals surface area contributed by atoms with E-state index in [1.165, 1.54) is 12.1 Å². The predicted octanol–water partition coefficient (Wildman–Crippen LogP) is 1.30. The number of amides is 1. The maximum Gasteiger partial charge on any atom is 0.471 e. The first-order chi connectivity index (χ1) is 14.4. The Morgan fingerprint density at radius 2 is 2.06 bits per heavy atom. The Balaban J connectivity index is 1.87. The first kappa shape index (κ1) is 23.5. The first-order valence-electron chi connectivity index (χ1n) is 9.54. The number of aliphatic hydroxyl groups is 2. The zero-order valence-corrected chi connectivity index (χ0v) is 17.4. The average molecular weight is 464 g/mol. The number of alkyl halides is 3. The standard InChI is InChI=1S/C19H23F3N2O6S/c1-31(28,29)12-4-5-14-13(7-12)11(3-2-6-23-18(27)19(20,21)22)9-24(14)17-8-15(26)16(10-25)30-17/h4-5,7,9,15-17,25-26H,2-3,6,8,10H2,1H3,(H,23,27). The van der Waals surface area contributed by atoms with Gasteiger partial charge in [0.15, 0.2) is 9.84 Å². The van der Waals surface area contributed by atoms with E-state index in [1.54, 1.807) is 22.1 Å². The van der Waals surface area contributed by atoms with Crippen LogP contribution in [0.2, 0.25) is 0 Å². The lowest BCUT2D eigenvalue weighted by atomic mass is 10.1. The number of aromatic nitrogens is 1. The summed E-state index contributed by atoms with van der Waals surface area (Å²) in [5, 5.41) is 21.7. The molecule has 0 saturated carbocycles. The molecule has 0 bridgehead atoms. The van der Waals surface area contributed by atoms with E-state index >= 15 is 0 Å². The van der Waals surface area contributed by atoms with Crippen molar-refractivity contribution >= 4 is 26.6 Å². The molecule has 0 spiro atoms. The van der Waals surface area contributed by atoms with Crippen molar-refractivity contribution in [1.82, 2.24) is 9.88 Å². The van der Waals surface area contributed by atoms with Crippen molar-refractivity contribution in [3.05, 3.63) is 30.0 Å². The summed E-state index contributed by atoms with van der Waals surface area (Å²) >= 11 is 0. The van der Waals surface area contributed by atoms with Gasteiger partial charge in [0.2, 0.25) is 0 Å². The van der Waals surface area contributed by atoms with Crippen LogP contribution >= 0.6 is 0 Å². The summed E-state index contributed by atoms with van der Waals surface area (Å²) in [4.78, 5) is 11.0. The van der Waals surface area contributed by atoms with Gasteiger partial charge in [0.1, 0.15) is 12.3 Å². The highest BCUT2D eigenvalue weighted by Crippen LogP contribution is 2.35. The molecule has 8 nitrogen and oxygen atoms in total. The van der Waals surface area contributed by atoms with E-state index in [2.05, 4.69) is 0 Å². The molecule has 1 aliphatic rings. The van der Waals surface area contributed by atoms with Crippen LogP contribution in [-0.4, -0.2) is 66.9 Å². The van der Waals surface area contributed by atoms with E-state index in [-0.39, 0.29) is 37.3 Å². The molecule has 3 unspecified atom stereocenters. The number of nitrogens with zero attached hydrogens (tertiary/aromatic N) is 1. The molecule has 3 N–H and O–H groups in total. The number of rotatable bonds is 7. The van der Waals surface area contributed by atoms with Crippen LogP contribution in [-0.2, 0) is 25.8 Å². The second-order valence-electron chi connectivity index (χ2n) is 7.48. The van der Waals surface area contributed by atoms with Gasteiger partial charge in [-0.25, -0.2) is 8.42 Å². The van der Waals surface area contributed by atoms with E-state index in [0.717, 1.165) is 6.26 Å². The third kappa shape index (κ3) is 5.20. The van der Waals surface area contributed by atoms with Crippen LogP contribution in [0.5, 0.6) is 0 Å². The number of hydrogen-bond acceptors (Lipinski definition) is 6. The second kappa shape index (κ2) is 8.77. The highest BCUT2D eigenvalue weighted by atomic mass is 32.2. The largest absolute Gasteiger partial charge is 0.471 e. The maximum absolute atomic E-state index is 12.3. The third-order valence-electron chi connectivity index (χ3n) is 5.18. The van der Waals surface area contributed by atoms with Gasteiger partial charge in [0.05, 0.1) is 23.1 Å². The monoisotopic (exact) mass is 464 g/mol. The van der Waals surface area contributed by atoms with Gasteiger partial charge < -0.3 is 24.8 Å². The fraction of sp³-hybridized carbons (Fsp3) is 0.526. The van der Waals surface area contributed by atoms with Gasteiger partial charge in [-0.2, -0.15) is 13.2 Å². The van der Waals surface area contributed by atoms with E-state index in [0.29, 0.717) is 16.5 Å². The van der Waals surface area contributed by atoms with Crippen molar-refractivity contribution in [2.45, 2.75) is 48.8 Å². The van der Waals surface area contributed by atoms with Crippen molar-refractivity contribution in [3.8, 4) is 0 Å². The minimum atomic E-state index is -4.95. The van der Waals surface area contributed by atoms with E-state index in [1.807, 2.05) is 0 Å². The fourth-order valence-corrected chi connectivity index (χ4v) is 4.25. The molecule has 31 heavy (non-hydrogen) atoms. The zero-order valence-electron chi connectivity index (χ0n) is 16.6. The number of aryl methyl sites for hydroxylation is 1. The molecular formula is C19H23F3N2O6S. The van der Waals surface area contributed by atoms with Crippen LogP contribution < -0.4 is 5.32 Å².